The zero-order valence-electron chi connectivity index (χ0n) is 20.0. The van der Waals surface area contributed by atoms with Gasteiger partial charge in [-0.05, 0) is 49.5 Å². The van der Waals surface area contributed by atoms with Crippen molar-refractivity contribution in [3.8, 4) is 17.2 Å². The number of aromatic nitrogens is 1. The number of rotatable bonds is 10. The second kappa shape index (κ2) is 11.5. The summed E-state index contributed by atoms with van der Waals surface area (Å²) in [6, 6.07) is 20.3. The topological polar surface area (TPSA) is 54.9 Å². The Morgan fingerprint density at radius 3 is 2.37 bits per heavy atom. The Morgan fingerprint density at radius 2 is 1.66 bits per heavy atom. The summed E-state index contributed by atoms with van der Waals surface area (Å²) >= 11 is 7.86. The fourth-order valence-corrected chi connectivity index (χ4v) is 5.06. The maximum Gasteiger partial charge on any atom is 0.263 e. The van der Waals surface area contributed by atoms with Crippen molar-refractivity contribution >= 4 is 44.2 Å². The Bertz CT molecular complexity index is 1290. The van der Waals surface area contributed by atoms with Gasteiger partial charge in [0.05, 0.1) is 22.4 Å². The lowest BCUT2D eigenvalue weighted by Crippen LogP contribution is -2.39. The number of hydrogen-bond donors (Lipinski definition) is 0. The number of ether oxygens (including phenoxy) is 2. The van der Waals surface area contributed by atoms with Crippen LogP contribution in [0.25, 0.3) is 10.2 Å². The van der Waals surface area contributed by atoms with Crippen molar-refractivity contribution in [2.45, 2.75) is 13.8 Å². The van der Waals surface area contributed by atoms with E-state index in [1.807, 2.05) is 42.5 Å². The van der Waals surface area contributed by atoms with Gasteiger partial charge in [-0.2, -0.15) is 0 Å². The average molecular weight is 510 g/mol. The number of para-hydroxylation sites is 2. The molecule has 182 valence electrons. The third-order valence-electron chi connectivity index (χ3n) is 5.77. The van der Waals surface area contributed by atoms with Gasteiger partial charge in [0.1, 0.15) is 22.8 Å². The average Bonchev–Trinajstić information content (AvgIpc) is 3.34. The summed E-state index contributed by atoms with van der Waals surface area (Å²) in [7, 11) is 1.60. The number of carbonyl (C=O) groups is 1. The predicted octanol–water partition coefficient (Wildman–Crippen LogP) is 6.74. The zero-order chi connectivity index (χ0) is 24.8. The Balaban J connectivity index is 1.75. The van der Waals surface area contributed by atoms with Crippen molar-refractivity contribution in [1.82, 2.24) is 9.88 Å². The molecule has 0 saturated carbocycles. The van der Waals surface area contributed by atoms with Crippen molar-refractivity contribution in [2.75, 3.05) is 38.2 Å². The molecule has 1 aromatic heterocycles. The van der Waals surface area contributed by atoms with Crippen LogP contribution in [-0.2, 0) is 0 Å². The first-order chi connectivity index (χ1) is 17.0. The third kappa shape index (κ3) is 5.59. The normalized spacial score (nSPS) is 11.1. The molecule has 1 heterocycles. The molecule has 0 aliphatic heterocycles. The van der Waals surface area contributed by atoms with Crippen LogP contribution in [-0.4, -0.2) is 49.1 Å². The van der Waals surface area contributed by atoms with E-state index >= 15 is 0 Å². The number of fused-ring (bicyclic) bond motifs is 1. The molecule has 0 N–H and O–H groups in total. The highest BCUT2D eigenvalue weighted by Gasteiger charge is 2.26. The van der Waals surface area contributed by atoms with E-state index in [2.05, 4.69) is 18.7 Å². The SMILES string of the molecule is CCN(CC)CCN(C(=O)c1ccccc1Oc1ccccc1)c1nc2c(OC)ccc(Cl)c2s1. The van der Waals surface area contributed by atoms with Crippen LogP contribution < -0.4 is 14.4 Å². The molecule has 0 radical (unpaired) electrons. The van der Waals surface area contributed by atoms with Gasteiger partial charge in [0, 0.05) is 13.1 Å². The summed E-state index contributed by atoms with van der Waals surface area (Å²) in [6.45, 7) is 7.20. The van der Waals surface area contributed by atoms with E-state index in [9.17, 15) is 4.79 Å². The molecule has 0 bridgehead atoms. The van der Waals surface area contributed by atoms with E-state index in [0.717, 1.165) is 17.8 Å². The van der Waals surface area contributed by atoms with Gasteiger partial charge in [0.15, 0.2) is 5.13 Å². The maximum absolute atomic E-state index is 14.0. The zero-order valence-corrected chi connectivity index (χ0v) is 21.6. The standard InChI is InChI=1S/C27H28ClN3O3S/c1-4-30(5-2)17-18-31(27-29-24-23(33-3)16-15-21(28)25(24)35-27)26(32)20-13-9-10-14-22(20)34-19-11-7-6-8-12-19/h6-16H,4-5,17-18H2,1-3H3. The molecular formula is C27H28ClN3O3S. The summed E-state index contributed by atoms with van der Waals surface area (Å²) in [4.78, 5) is 22.8. The number of carbonyl (C=O) groups excluding carboxylic acids is 1. The van der Waals surface area contributed by atoms with Crippen LogP contribution in [0.3, 0.4) is 0 Å². The lowest BCUT2D eigenvalue weighted by molar-refractivity contribution is 0.0981. The number of hydrogen-bond acceptors (Lipinski definition) is 6. The molecule has 4 aromatic rings. The fourth-order valence-electron chi connectivity index (χ4n) is 3.78. The van der Waals surface area contributed by atoms with E-state index in [1.165, 1.54) is 11.3 Å². The van der Waals surface area contributed by atoms with E-state index in [1.54, 1.807) is 36.3 Å². The molecule has 3 aromatic carbocycles. The third-order valence-corrected chi connectivity index (χ3v) is 7.30. The molecule has 6 nitrogen and oxygen atoms in total. The molecule has 8 heteroatoms. The van der Waals surface area contributed by atoms with Gasteiger partial charge >= 0.3 is 0 Å². The summed E-state index contributed by atoms with van der Waals surface area (Å²) < 4.78 is 12.4. The van der Waals surface area contributed by atoms with Crippen molar-refractivity contribution in [3.63, 3.8) is 0 Å². The lowest BCUT2D eigenvalue weighted by atomic mass is 10.1. The van der Waals surface area contributed by atoms with Crippen LogP contribution >= 0.6 is 22.9 Å². The Morgan fingerprint density at radius 1 is 0.943 bits per heavy atom. The first kappa shape index (κ1) is 25.0. The van der Waals surface area contributed by atoms with Crippen molar-refractivity contribution in [1.29, 1.82) is 0 Å². The minimum Gasteiger partial charge on any atom is -0.494 e. The molecule has 1 amide bonds. The highest BCUT2D eigenvalue weighted by atomic mass is 35.5. The minimum atomic E-state index is -0.183. The van der Waals surface area contributed by atoms with E-state index < -0.39 is 0 Å². The molecule has 0 atom stereocenters. The highest BCUT2D eigenvalue weighted by molar-refractivity contribution is 7.23. The number of likely N-dealkylation sites (N-methyl/N-ethyl adjacent to an activating group) is 1. The molecule has 35 heavy (non-hydrogen) atoms. The van der Waals surface area contributed by atoms with Crippen LogP contribution in [0.1, 0.15) is 24.2 Å². The second-order valence-corrected chi connectivity index (χ2v) is 9.20. The minimum absolute atomic E-state index is 0.183. The molecule has 0 aliphatic rings. The van der Waals surface area contributed by atoms with Crippen molar-refractivity contribution in [2.24, 2.45) is 0 Å². The van der Waals surface area contributed by atoms with Crippen LogP contribution in [0.15, 0.2) is 66.7 Å². The van der Waals surface area contributed by atoms with Gasteiger partial charge in [-0.25, -0.2) is 4.98 Å². The molecular weight excluding hydrogens is 482 g/mol. The number of amides is 1. The fraction of sp³-hybridized carbons (Fsp3) is 0.259. The van der Waals surface area contributed by atoms with Crippen LogP contribution in [0.2, 0.25) is 5.02 Å². The molecule has 0 fully saturated rings. The summed E-state index contributed by atoms with van der Waals surface area (Å²) in [6.07, 6.45) is 0. The first-order valence-corrected chi connectivity index (χ1v) is 12.7. The maximum atomic E-state index is 14.0. The largest absolute Gasteiger partial charge is 0.494 e. The van der Waals surface area contributed by atoms with Crippen molar-refractivity contribution in [3.05, 3.63) is 77.3 Å². The molecule has 0 saturated heterocycles. The molecule has 0 spiro atoms. The highest BCUT2D eigenvalue weighted by Crippen LogP contribution is 2.39. The number of methoxy groups -OCH3 is 1. The number of nitrogens with zero attached hydrogens (tertiary/aromatic N) is 3. The smallest absolute Gasteiger partial charge is 0.263 e. The monoisotopic (exact) mass is 509 g/mol. The summed E-state index contributed by atoms with van der Waals surface area (Å²) in [5.74, 6) is 1.60. The molecule has 0 aliphatic carbocycles. The number of thiazole rings is 1. The van der Waals surface area contributed by atoms with Gasteiger partial charge in [-0.15, -0.1) is 0 Å². The number of benzene rings is 3. The van der Waals surface area contributed by atoms with Crippen LogP contribution in [0, 0.1) is 0 Å². The Hall–Kier alpha value is -3.13. The van der Waals surface area contributed by atoms with Gasteiger partial charge in [0.2, 0.25) is 0 Å². The molecule has 4 rings (SSSR count). The van der Waals surface area contributed by atoms with Gasteiger partial charge in [-0.1, -0.05) is 67.1 Å². The van der Waals surface area contributed by atoms with Gasteiger partial charge in [0.25, 0.3) is 5.91 Å². The number of halogens is 1. The van der Waals surface area contributed by atoms with E-state index in [-0.39, 0.29) is 5.91 Å². The first-order valence-electron chi connectivity index (χ1n) is 11.5. The molecule has 0 unspecified atom stereocenters. The van der Waals surface area contributed by atoms with Crippen molar-refractivity contribution < 1.29 is 14.3 Å². The van der Waals surface area contributed by atoms with Gasteiger partial charge < -0.3 is 14.4 Å². The van der Waals surface area contributed by atoms with Crippen LogP contribution in [0.5, 0.6) is 17.2 Å². The Labute approximate surface area is 214 Å². The van der Waals surface area contributed by atoms with Gasteiger partial charge in [-0.3, -0.25) is 9.69 Å². The predicted molar refractivity (Wildman–Crippen MR) is 144 cm³/mol. The number of anilines is 1. The Kier molecular flexibility index (Phi) is 8.23. The van der Waals surface area contributed by atoms with E-state index in [0.29, 0.717) is 51.6 Å². The second-order valence-electron chi connectivity index (χ2n) is 7.82. The quantitative estimate of drug-likeness (QED) is 0.237. The summed E-state index contributed by atoms with van der Waals surface area (Å²) in [5.41, 5.74) is 1.11. The van der Waals surface area contributed by atoms with E-state index in [4.69, 9.17) is 26.1 Å². The van der Waals surface area contributed by atoms with Crippen LogP contribution in [0.4, 0.5) is 5.13 Å². The summed E-state index contributed by atoms with van der Waals surface area (Å²) in [5, 5.41) is 1.14. The lowest BCUT2D eigenvalue weighted by Gasteiger charge is -2.25.